The minimum atomic E-state index is -3.72. The van der Waals surface area contributed by atoms with E-state index in [1.54, 1.807) is 32.3 Å². The van der Waals surface area contributed by atoms with Gasteiger partial charge in [0.2, 0.25) is 10.0 Å². The average molecular weight is 383 g/mol. The molecule has 1 heterocycles. The first kappa shape index (κ1) is 19.6. The third kappa shape index (κ3) is 4.45. The molecule has 0 amide bonds. The smallest absolute Gasteiger partial charge is 0.307 e. The van der Waals surface area contributed by atoms with Crippen molar-refractivity contribution < 1.29 is 18.3 Å². The minimum absolute atomic E-state index is 0.176. The molecule has 1 aromatic heterocycles. The van der Waals surface area contributed by atoms with Crippen molar-refractivity contribution in [1.82, 2.24) is 9.71 Å². The molecule has 6 nitrogen and oxygen atoms in total. The maximum atomic E-state index is 12.8. The second-order valence-electron chi connectivity index (χ2n) is 6.02. The predicted octanol–water partition coefficient (Wildman–Crippen LogP) is 2.52. The summed E-state index contributed by atoms with van der Waals surface area (Å²) >= 11 is 1.50. The highest BCUT2D eigenvalue weighted by Gasteiger charge is 2.23. The molecule has 0 radical (unpaired) electrons. The molecule has 0 aliphatic rings. The van der Waals surface area contributed by atoms with Crippen LogP contribution in [0.25, 0.3) is 0 Å². The zero-order chi connectivity index (χ0) is 18.8. The van der Waals surface area contributed by atoms with Gasteiger partial charge in [-0.2, -0.15) is 0 Å². The summed E-state index contributed by atoms with van der Waals surface area (Å²) in [6.45, 7) is 7.36. The lowest BCUT2D eigenvalue weighted by Crippen LogP contribution is -2.28. The van der Waals surface area contributed by atoms with Crippen LogP contribution >= 0.6 is 11.3 Å². The van der Waals surface area contributed by atoms with Gasteiger partial charge in [0.1, 0.15) is 0 Å². The number of hydrogen-bond donors (Lipinski definition) is 2. The standard InChI is InChI=1S/C17H22N2O4S2/c1-10-7-11(2)17(12(3)14(10)8-16(20)21)25(22,23)19-6-5-15-13(4)18-9-24-15/h7,9,19H,5-6,8H2,1-4H3,(H,20,21). The average Bonchev–Trinajstić information content (AvgIpc) is 2.88. The molecule has 0 saturated heterocycles. The van der Waals surface area contributed by atoms with Gasteiger partial charge in [0.15, 0.2) is 0 Å². The van der Waals surface area contributed by atoms with Crippen LogP contribution in [0.4, 0.5) is 0 Å². The first-order valence-corrected chi connectivity index (χ1v) is 10.2. The Labute approximate surface area is 152 Å². The van der Waals surface area contributed by atoms with Gasteiger partial charge < -0.3 is 5.11 Å². The van der Waals surface area contributed by atoms with E-state index in [9.17, 15) is 13.2 Å². The lowest BCUT2D eigenvalue weighted by Gasteiger charge is -2.17. The Balaban J connectivity index is 2.29. The number of sulfonamides is 1. The third-order valence-electron chi connectivity index (χ3n) is 4.15. The van der Waals surface area contributed by atoms with Gasteiger partial charge in [-0.1, -0.05) is 6.07 Å². The molecular formula is C17H22N2O4S2. The topological polar surface area (TPSA) is 96.4 Å². The number of aliphatic carboxylic acids is 1. The van der Waals surface area contributed by atoms with Crippen molar-refractivity contribution in [1.29, 1.82) is 0 Å². The van der Waals surface area contributed by atoms with Crippen LogP contribution in [-0.2, 0) is 27.7 Å². The molecule has 8 heteroatoms. The van der Waals surface area contributed by atoms with Gasteiger partial charge in [0, 0.05) is 11.4 Å². The fourth-order valence-corrected chi connectivity index (χ4v) is 5.29. The number of nitrogens with one attached hydrogen (secondary N) is 1. The number of nitrogens with zero attached hydrogens (tertiary/aromatic N) is 1. The van der Waals surface area contributed by atoms with E-state index in [0.29, 0.717) is 23.1 Å². The third-order valence-corrected chi connectivity index (χ3v) is 6.89. The largest absolute Gasteiger partial charge is 0.481 e. The number of hydrogen-bond acceptors (Lipinski definition) is 5. The summed E-state index contributed by atoms with van der Waals surface area (Å²) in [4.78, 5) is 16.5. The quantitative estimate of drug-likeness (QED) is 0.767. The molecule has 0 bridgehead atoms. The summed E-state index contributed by atoms with van der Waals surface area (Å²) in [5.41, 5.74) is 5.11. The van der Waals surface area contributed by atoms with Crippen LogP contribution < -0.4 is 4.72 Å². The predicted molar refractivity (Wildman–Crippen MR) is 97.7 cm³/mol. The molecule has 0 aliphatic carbocycles. The Hall–Kier alpha value is -1.77. The van der Waals surface area contributed by atoms with Crippen molar-refractivity contribution in [3.05, 3.63) is 44.4 Å². The summed E-state index contributed by atoms with van der Waals surface area (Å²) in [5, 5.41) is 9.08. The highest BCUT2D eigenvalue weighted by atomic mass is 32.2. The summed E-state index contributed by atoms with van der Waals surface area (Å²) < 4.78 is 28.2. The molecule has 2 N–H and O–H groups in total. The van der Waals surface area contributed by atoms with Gasteiger partial charge in [-0.05, 0) is 56.4 Å². The molecule has 0 aliphatic heterocycles. The van der Waals surface area contributed by atoms with E-state index < -0.39 is 16.0 Å². The van der Waals surface area contributed by atoms with Crippen molar-refractivity contribution >= 4 is 27.3 Å². The van der Waals surface area contributed by atoms with Crippen LogP contribution in [-0.4, -0.2) is 31.0 Å². The summed E-state index contributed by atoms with van der Waals surface area (Å²) in [5.74, 6) is -0.980. The number of carbonyl (C=O) groups is 1. The van der Waals surface area contributed by atoms with Crippen LogP contribution in [0.5, 0.6) is 0 Å². The van der Waals surface area contributed by atoms with E-state index in [2.05, 4.69) is 9.71 Å². The van der Waals surface area contributed by atoms with E-state index in [1.165, 1.54) is 11.3 Å². The number of carboxylic acids is 1. The molecule has 0 spiro atoms. The highest BCUT2D eigenvalue weighted by Crippen LogP contribution is 2.27. The van der Waals surface area contributed by atoms with Gasteiger partial charge >= 0.3 is 5.97 Å². The molecular weight excluding hydrogens is 360 g/mol. The number of aromatic nitrogens is 1. The van der Waals surface area contributed by atoms with Gasteiger partial charge in [0.25, 0.3) is 0 Å². The van der Waals surface area contributed by atoms with Gasteiger partial charge in [-0.25, -0.2) is 18.1 Å². The van der Waals surface area contributed by atoms with E-state index in [0.717, 1.165) is 16.1 Å². The van der Waals surface area contributed by atoms with Gasteiger partial charge in [-0.15, -0.1) is 11.3 Å². The minimum Gasteiger partial charge on any atom is -0.481 e. The Kier molecular flexibility index (Phi) is 5.97. The molecule has 2 rings (SSSR count). The number of carboxylic acid groups (broad SMARTS) is 1. The lowest BCUT2D eigenvalue weighted by molar-refractivity contribution is -0.136. The zero-order valence-electron chi connectivity index (χ0n) is 14.7. The first-order valence-electron chi connectivity index (χ1n) is 7.83. The van der Waals surface area contributed by atoms with Crippen LogP contribution in [0.3, 0.4) is 0 Å². The zero-order valence-corrected chi connectivity index (χ0v) is 16.3. The normalized spacial score (nSPS) is 11.7. The Morgan fingerprint density at radius 1 is 1.24 bits per heavy atom. The highest BCUT2D eigenvalue weighted by molar-refractivity contribution is 7.89. The molecule has 0 unspecified atom stereocenters. The van der Waals surface area contributed by atoms with E-state index >= 15 is 0 Å². The molecule has 1 aromatic carbocycles. The fourth-order valence-electron chi connectivity index (χ4n) is 2.98. The van der Waals surface area contributed by atoms with Crippen LogP contribution in [0.1, 0.15) is 32.8 Å². The summed E-state index contributed by atoms with van der Waals surface area (Å²) in [6.07, 6.45) is 0.377. The molecule has 25 heavy (non-hydrogen) atoms. The maximum absolute atomic E-state index is 12.8. The Morgan fingerprint density at radius 3 is 2.48 bits per heavy atom. The number of aryl methyl sites for hydroxylation is 3. The van der Waals surface area contributed by atoms with Crippen molar-refractivity contribution in [2.45, 2.75) is 45.4 Å². The van der Waals surface area contributed by atoms with Crippen LogP contribution in [0.2, 0.25) is 0 Å². The maximum Gasteiger partial charge on any atom is 0.307 e. The van der Waals surface area contributed by atoms with Gasteiger partial charge in [-0.3, -0.25) is 4.79 Å². The monoisotopic (exact) mass is 382 g/mol. The molecule has 0 saturated carbocycles. The number of benzene rings is 1. The Bertz CT molecular complexity index is 902. The van der Waals surface area contributed by atoms with E-state index in [4.69, 9.17) is 5.11 Å². The fraction of sp³-hybridized carbons (Fsp3) is 0.412. The van der Waals surface area contributed by atoms with E-state index in [1.807, 2.05) is 6.92 Å². The molecule has 0 fully saturated rings. The molecule has 136 valence electrons. The number of rotatable bonds is 7. The van der Waals surface area contributed by atoms with Crippen molar-refractivity contribution in [2.75, 3.05) is 6.54 Å². The molecule has 0 atom stereocenters. The van der Waals surface area contributed by atoms with Gasteiger partial charge in [0.05, 0.1) is 22.5 Å². The van der Waals surface area contributed by atoms with Crippen LogP contribution in [0.15, 0.2) is 16.5 Å². The van der Waals surface area contributed by atoms with Crippen molar-refractivity contribution in [2.24, 2.45) is 0 Å². The van der Waals surface area contributed by atoms with E-state index in [-0.39, 0.29) is 17.9 Å². The summed E-state index contributed by atoms with van der Waals surface area (Å²) in [7, 11) is -3.72. The second kappa shape index (κ2) is 7.63. The Morgan fingerprint density at radius 2 is 1.92 bits per heavy atom. The van der Waals surface area contributed by atoms with Crippen molar-refractivity contribution in [3.63, 3.8) is 0 Å². The second-order valence-corrected chi connectivity index (χ2v) is 8.67. The first-order chi connectivity index (χ1) is 11.6. The van der Waals surface area contributed by atoms with Crippen LogP contribution in [0, 0.1) is 27.7 Å². The molecule has 2 aromatic rings. The summed E-state index contributed by atoms with van der Waals surface area (Å²) in [6, 6.07) is 1.73. The lowest BCUT2D eigenvalue weighted by atomic mass is 9.97. The SMILES string of the molecule is Cc1cc(C)c(S(=O)(=O)NCCc2scnc2C)c(C)c1CC(=O)O. The number of thiazole rings is 1. The van der Waals surface area contributed by atoms with Crippen molar-refractivity contribution in [3.8, 4) is 0 Å².